The van der Waals surface area contributed by atoms with Crippen molar-refractivity contribution in [3.63, 3.8) is 0 Å². The highest BCUT2D eigenvalue weighted by Gasteiger charge is 2.41. The molecule has 2 aliphatic rings. The summed E-state index contributed by atoms with van der Waals surface area (Å²) in [6.07, 6.45) is -3.10. The Morgan fingerprint density at radius 2 is 1.83 bits per heavy atom. The third-order valence-electron chi connectivity index (χ3n) is 6.82. The van der Waals surface area contributed by atoms with Gasteiger partial charge < -0.3 is 29.5 Å². The van der Waals surface area contributed by atoms with Gasteiger partial charge in [0.25, 0.3) is 0 Å². The molecule has 41 heavy (non-hydrogen) atoms. The van der Waals surface area contributed by atoms with Gasteiger partial charge >= 0.3 is 12.2 Å². The Balaban J connectivity index is 1.63. The Morgan fingerprint density at radius 3 is 2.44 bits per heavy atom. The first-order valence-corrected chi connectivity index (χ1v) is 12.9. The lowest BCUT2D eigenvalue weighted by Gasteiger charge is -2.39. The van der Waals surface area contributed by atoms with E-state index in [1.807, 2.05) is 0 Å². The lowest BCUT2D eigenvalue weighted by molar-refractivity contribution is -0.138. The van der Waals surface area contributed by atoms with Gasteiger partial charge in [-0.2, -0.15) is 13.2 Å². The van der Waals surface area contributed by atoms with Gasteiger partial charge in [0.05, 0.1) is 36.6 Å². The molecule has 222 valence electrons. The fourth-order valence-electron chi connectivity index (χ4n) is 5.22. The van der Waals surface area contributed by atoms with E-state index in [0.717, 1.165) is 17.7 Å². The lowest BCUT2D eigenvalue weighted by atomic mass is 9.86. The van der Waals surface area contributed by atoms with Gasteiger partial charge in [-0.3, -0.25) is 9.69 Å². The van der Waals surface area contributed by atoms with Crippen molar-refractivity contribution >= 4 is 28.9 Å². The zero-order valence-electron chi connectivity index (χ0n) is 23.6. The molecule has 0 fully saturated rings. The highest BCUT2D eigenvalue weighted by atomic mass is 19.4. The zero-order chi connectivity index (χ0) is 30.2. The molecule has 0 saturated carbocycles. The van der Waals surface area contributed by atoms with Crippen molar-refractivity contribution < 1.29 is 42.1 Å². The Kier molecular flexibility index (Phi) is 8.40. The molecule has 2 aromatic rings. The summed E-state index contributed by atoms with van der Waals surface area (Å²) in [6.45, 7) is 3.76. The van der Waals surface area contributed by atoms with E-state index in [-0.39, 0.29) is 38.0 Å². The van der Waals surface area contributed by atoms with E-state index in [4.69, 9.17) is 14.2 Å². The number of aliphatic hydroxyl groups is 1. The number of hydrogen-bond acceptors (Lipinski definition) is 6. The third kappa shape index (κ3) is 6.83. The Labute approximate surface area is 236 Å². The van der Waals surface area contributed by atoms with Gasteiger partial charge in [-0.15, -0.1) is 0 Å². The molecule has 0 bridgehead atoms. The van der Waals surface area contributed by atoms with Crippen LogP contribution in [0.5, 0.6) is 5.75 Å². The van der Waals surface area contributed by atoms with Gasteiger partial charge in [-0.1, -0.05) is 12.1 Å². The summed E-state index contributed by atoms with van der Waals surface area (Å²) in [4.78, 5) is 29.1. The number of carbonyl (C=O) groups excluding carboxylic acids is 2. The van der Waals surface area contributed by atoms with E-state index >= 15 is 0 Å². The molecule has 0 spiro atoms. The molecule has 0 aliphatic carbocycles. The quantitative estimate of drug-likeness (QED) is 0.442. The number of carbonyl (C=O) groups is 2. The Hall–Kier alpha value is -3.61. The van der Waals surface area contributed by atoms with Crippen LogP contribution in [0.15, 0.2) is 42.5 Å². The van der Waals surface area contributed by atoms with Crippen LogP contribution < -0.4 is 15.0 Å². The van der Waals surface area contributed by atoms with Crippen LogP contribution in [0.3, 0.4) is 0 Å². The van der Waals surface area contributed by atoms with Gasteiger partial charge in [-0.25, -0.2) is 4.79 Å². The standard InChI is InChI=1S/C29H34F3N3O6/c1-27(2,38)15-35-14-18-6-8-21(12-23(18)34(3)26(35)37)33-25(36)10-19-13-28(16-39-4,17-40-5)41-24-11-20(29(30,31)32)7-9-22(19)24/h6-12,38H,13-17H2,1-5H3,(H,33,36)/b19-10+. The molecule has 9 nitrogen and oxygen atoms in total. The molecule has 0 atom stereocenters. The van der Waals surface area contributed by atoms with E-state index in [9.17, 15) is 27.9 Å². The van der Waals surface area contributed by atoms with Gasteiger partial charge in [0.15, 0.2) is 5.60 Å². The Bertz CT molecular complexity index is 1350. The molecule has 3 amide bonds. The summed E-state index contributed by atoms with van der Waals surface area (Å²) in [7, 11) is 4.51. The van der Waals surface area contributed by atoms with Crippen molar-refractivity contribution in [3.8, 4) is 5.75 Å². The smallest absolute Gasteiger partial charge is 0.416 e. The SMILES string of the molecule is COCC1(COC)C/C(=C\C(=O)Nc2ccc3c(c2)N(C)C(=O)N(CC(C)(C)O)C3)c2ccc(C(F)(F)F)cc2O1. The number of β-amino-alcohol motifs (C(OH)–C–C–N with tert-alkyl or cyclic N) is 1. The first-order chi connectivity index (χ1) is 19.1. The summed E-state index contributed by atoms with van der Waals surface area (Å²) in [5.74, 6) is -0.534. The average molecular weight is 578 g/mol. The summed E-state index contributed by atoms with van der Waals surface area (Å²) in [5, 5.41) is 13.0. The average Bonchev–Trinajstić information content (AvgIpc) is 2.86. The summed E-state index contributed by atoms with van der Waals surface area (Å²) >= 11 is 0. The molecule has 0 unspecified atom stereocenters. The summed E-state index contributed by atoms with van der Waals surface area (Å²) in [5.41, 5.74) is -0.371. The molecule has 0 saturated heterocycles. The van der Waals surface area contributed by atoms with Crippen molar-refractivity contribution in [1.82, 2.24) is 4.90 Å². The highest BCUT2D eigenvalue weighted by molar-refractivity contribution is 6.05. The normalized spacial score (nSPS) is 17.7. The fourth-order valence-corrected chi connectivity index (χ4v) is 5.22. The number of hydrogen-bond donors (Lipinski definition) is 2. The first kappa shape index (κ1) is 30.4. The van der Waals surface area contributed by atoms with Crippen LogP contribution in [0, 0.1) is 0 Å². The van der Waals surface area contributed by atoms with Crippen molar-refractivity contribution in [2.45, 2.75) is 44.2 Å². The van der Waals surface area contributed by atoms with E-state index in [1.54, 1.807) is 44.0 Å². The van der Waals surface area contributed by atoms with Gasteiger partial charge in [0.2, 0.25) is 5.91 Å². The Morgan fingerprint density at radius 1 is 1.15 bits per heavy atom. The predicted molar refractivity (Wildman–Crippen MR) is 147 cm³/mol. The minimum atomic E-state index is -4.57. The number of benzene rings is 2. The van der Waals surface area contributed by atoms with E-state index in [2.05, 4.69) is 5.32 Å². The number of fused-ring (bicyclic) bond motifs is 2. The molecule has 4 rings (SSSR count). The lowest BCUT2D eigenvalue weighted by Crippen LogP contribution is -2.50. The van der Waals surface area contributed by atoms with E-state index in [0.29, 0.717) is 29.1 Å². The molecule has 12 heteroatoms. The second kappa shape index (κ2) is 11.3. The van der Waals surface area contributed by atoms with Crippen LogP contribution in [-0.4, -0.2) is 74.2 Å². The zero-order valence-corrected chi connectivity index (χ0v) is 23.6. The molecule has 0 radical (unpaired) electrons. The first-order valence-electron chi connectivity index (χ1n) is 12.9. The maximum atomic E-state index is 13.4. The van der Waals surface area contributed by atoms with Gasteiger partial charge in [0.1, 0.15) is 5.75 Å². The van der Waals surface area contributed by atoms with Gasteiger partial charge in [-0.05, 0) is 49.2 Å². The number of ether oxygens (including phenoxy) is 3. The number of urea groups is 1. The summed E-state index contributed by atoms with van der Waals surface area (Å²) in [6, 6.07) is 8.05. The second-order valence-corrected chi connectivity index (χ2v) is 11.0. The van der Waals surface area contributed by atoms with E-state index < -0.39 is 28.8 Å². The molecule has 2 aromatic carbocycles. The van der Waals surface area contributed by atoms with Crippen molar-refractivity contribution in [1.29, 1.82) is 0 Å². The minimum Gasteiger partial charge on any atom is -0.481 e. The number of nitrogens with one attached hydrogen (secondary N) is 1. The maximum Gasteiger partial charge on any atom is 0.416 e. The molecule has 0 aromatic heterocycles. The summed E-state index contributed by atoms with van der Waals surface area (Å²) < 4.78 is 56.9. The number of rotatable bonds is 8. The number of alkyl halides is 3. The van der Waals surface area contributed by atoms with Crippen molar-refractivity contribution in [3.05, 3.63) is 59.2 Å². The van der Waals surface area contributed by atoms with Crippen molar-refractivity contribution in [2.75, 3.05) is 51.2 Å². The molecule has 2 aliphatic heterocycles. The van der Waals surface area contributed by atoms with Crippen LogP contribution >= 0.6 is 0 Å². The monoisotopic (exact) mass is 577 g/mol. The molecular weight excluding hydrogens is 543 g/mol. The topological polar surface area (TPSA) is 101 Å². The van der Waals surface area contributed by atoms with Crippen LogP contribution in [0.2, 0.25) is 0 Å². The third-order valence-corrected chi connectivity index (χ3v) is 6.82. The van der Waals surface area contributed by atoms with Crippen LogP contribution in [-0.2, 0) is 27.0 Å². The second-order valence-electron chi connectivity index (χ2n) is 11.0. The minimum absolute atomic E-state index is 0.0190. The molecule has 2 heterocycles. The molecular formula is C29H34F3N3O6. The van der Waals surface area contributed by atoms with Gasteiger partial charge in [0, 0.05) is 51.6 Å². The van der Waals surface area contributed by atoms with Crippen LogP contribution in [0.25, 0.3) is 5.57 Å². The number of anilines is 2. The maximum absolute atomic E-state index is 13.4. The largest absolute Gasteiger partial charge is 0.481 e. The van der Waals surface area contributed by atoms with E-state index in [1.165, 1.54) is 31.3 Å². The molecule has 2 N–H and O–H groups in total. The number of halogens is 3. The number of amides is 3. The predicted octanol–water partition coefficient (Wildman–Crippen LogP) is 4.68. The van der Waals surface area contributed by atoms with Crippen molar-refractivity contribution in [2.24, 2.45) is 0 Å². The highest BCUT2D eigenvalue weighted by Crippen LogP contribution is 2.44. The fraction of sp³-hybridized carbons (Fsp3) is 0.448. The number of nitrogens with zero attached hydrogens (tertiary/aromatic N) is 2. The van der Waals surface area contributed by atoms with Crippen LogP contribution in [0.4, 0.5) is 29.3 Å². The number of methoxy groups -OCH3 is 2. The van der Waals surface area contributed by atoms with Crippen LogP contribution in [0.1, 0.15) is 37.0 Å².